The summed E-state index contributed by atoms with van der Waals surface area (Å²) < 4.78 is 15.5. The Morgan fingerprint density at radius 2 is 0.905 bits per heavy atom. The van der Waals surface area contributed by atoms with Gasteiger partial charge in [0.2, 0.25) is 0 Å². The van der Waals surface area contributed by atoms with Gasteiger partial charge in [-0.15, -0.1) is 0 Å². The minimum Gasteiger partial charge on any atom is -0.456 e. The molecule has 6 heteroatoms. The lowest BCUT2D eigenvalue weighted by Gasteiger charge is -2.12. The number of benzene rings is 9. The minimum absolute atomic E-state index is 0.565. The van der Waals surface area contributed by atoms with E-state index in [0.717, 1.165) is 99.5 Å². The molecule has 0 aliphatic rings. The summed E-state index contributed by atoms with van der Waals surface area (Å²) in [4.78, 5) is 15.6. The van der Waals surface area contributed by atoms with Crippen molar-refractivity contribution in [3.05, 3.63) is 206 Å². The molecular formula is C57H34N4O2. The van der Waals surface area contributed by atoms with E-state index in [1.54, 1.807) is 0 Å². The third-order valence-corrected chi connectivity index (χ3v) is 12.3. The average molecular weight is 807 g/mol. The lowest BCUT2D eigenvalue weighted by Crippen LogP contribution is -2.01. The summed E-state index contributed by atoms with van der Waals surface area (Å²) in [6, 6.07) is 71.4. The van der Waals surface area contributed by atoms with Gasteiger partial charge in [0.25, 0.3) is 0 Å². The van der Waals surface area contributed by atoms with E-state index >= 15 is 0 Å². The van der Waals surface area contributed by atoms with Crippen LogP contribution in [0.2, 0.25) is 0 Å². The van der Waals surface area contributed by atoms with Gasteiger partial charge in [0, 0.05) is 60.3 Å². The van der Waals surface area contributed by atoms with Crippen LogP contribution in [0.5, 0.6) is 0 Å². The van der Waals surface area contributed by atoms with E-state index in [4.69, 9.17) is 23.8 Å². The van der Waals surface area contributed by atoms with E-state index in [2.05, 4.69) is 150 Å². The Bertz CT molecular complexity index is 3870. The van der Waals surface area contributed by atoms with Crippen molar-refractivity contribution in [3.8, 4) is 62.1 Å². The summed E-state index contributed by atoms with van der Waals surface area (Å²) in [7, 11) is 0. The molecule has 4 aromatic heterocycles. The molecule has 294 valence electrons. The molecule has 0 atom stereocenters. The Kier molecular flexibility index (Phi) is 7.80. The molecule has 0 saturated heterocycles. The molecule has 0 spiro atoms. The summed E-state index contributed by atoms with van der Waals surface area (Å²) in [5.41, 5.74) is 13.5. The maximum absolute atomic E-state index is 6.64. The summed E-state index contributed by atoms with van der Waals surface area (Å²) in [6.45, 7) is 0. The van der Waals surface area contributed by atoms with Crippen molar-refractivity contribution in [1.29, 1.82) is 0 Å². The quantitative estimate of drug-likeness (QED) is 0.167. The lowest BCUT2D eigenvalue weighted by atomic mass is 9.93. The fourth-order valence-electron chi connectivity index (χ4n) is 9.42. The highest BCUT2D eigenvalue weighted by molar-refractivity contribution is 6.18. The zero-order chi connectivity index (χ0) is 41.4. The molecule has 13 aromatic rings. The molecule has 0 bridgehead atoms. The van der Waals surface area contributed by atoms with E-state index in [9.17, 15) is 0 Å². The Balaban J connectivity index is 1.00. The van der Waals surface area contributed by atoms with Crippen LogP contribution in [0.15, 0.2) is 215 Å². The summed E-state index contributed by atoms with van der Waals surface area (Å²) in [5, 5.41) is 6.50. The topological polar surface area (TPSA) is 69.9 Å². The second kappa shape index (κ2) is 14.0. The Morgan fingerprint density at radius 1 is 0.317 bits per heavy atom. The number of rotatable bonds is 6. The molecule has 0 radical (unpaired) electrons. The molecule has 63 heavy (non-hydrogen) atoms. The second-order valence-corrected chi connectivity index (χ2v) is 15.9. The highest BCUT2D eigenvalue weighted by Gasteiger charge is 2.22. The number of fused-ring (bicyclic) bond motifs is 9. The molecule has 0 saturated carbocycles. The van der Waals surface area contributed by atoms with Crippen LogP contribution in [-0.2, 0) is 0 Å². The number of nitrogens with zero attached hydrogens (tertiary/aromatic N) is 4. The smallest absolute Gasteiger partial charge is 0.164 e. The third-order valence-electron chi connectivity index (χ3n) is 12.3. The first-order chi connectivity index (χ1) is 31.2. The fraction of sp³-hybridized carbons (Fsp3) is 0. The maximum atomic E-state index is 6.64. The molecule has 0 amide bonds. The summed E-state index contributed by atoms with van der Waals surface area (Å²) >= 11 is 0. The number of hydrogen-bond acceptors (Lipinski definition) is 5. The van der Waals surface area contributed by atoms with E-state index < -0.39 is 0 Å². The molecule has 0 fully saturated rings. The van der Waals surface area contributed by atoms with Crippen molar-refractivity contribution in [3.63, 3.8) is 0 Å². The normalized spacial score (nSPS) is 11.8. The van der Waals surface area contributed by atoms with Crippen molar-refractivity contribution in [1.82, 2.24) is 19.5 Å². The number of furan rings is 2. The van der Waals surface area contributed by atoms with Gasteiger partial charge < -0.3 is 13.4 Å². The Hall–Kier alpha value is -8.61. The zero-order valence-corrected chi connectivity index (χ0v) is 33.7. The average Bonchev–Trinajstić information content (AvgIpc) is 4.04. The first-order valence-electron chi connectivity index (χ1n) is 21.1. The highest BCUT2D eigenvalue weighted by Crippen LogP contribution is 2.44. The SMILES string of the molecule is c1ccc(-c2nc(-c3cccc(-n4c5ccccc5c5ccccc54)c3)nc(-c3cccc4oc5ccc(-c6ccc(-c7ccccc7)c7oc8ccccc8c67)cc5c34)n2)cc1. The first-order valence-corrected chi connectivity index (χ1v) is 21.1. The Labute approximate surface area is 361 Å². The zero-order valence-electron chi connectivity index (χ0n) is 33.7. The molecule has 0 unspecified atom stereocenters. The predicted octanol–water partition coefficient (Wildman–Crippen LogP) is 15.1. The van der Waals surface area contributed by atoms with Crippen LogP contribution >= 0.6 is 0 Å². The molecule has 6 nitrogen and oxygen atoms in total. The van der Waals surface area contributed by atoms with Crippen LogP contribution in [-0.4, -0.2) is 19.5 Å². The molecule has 13 rings (SSSR count). The van der Waals surface area contributed by atoms with Gasteiger partial charge in [0.15, 0.2) is 17.5 Å². The van der Waals surface area contributed by atoms with Crippen LogP contribution < -0.4 is 0 Å². The van der Waals surface area contributed by atoms with Gasteiger partial charge in [0.05, 0.1) is 11.0 Å². The van der Waals surface area contributed by atoms with E-state index in [1.165, 1.54) is 10.8 Å². The molecule has 0 aliphatic carbocycles. The highest BCUT2D eigenvalue weighted by atomic mass is 16.3. The van der Waals surface area contributed by atoms with Crippen molar-refractivity contribution in [2.45, 2.75) is 0 Å². The molecule has 4 heterocycles. The number of aromatic nitrogens is 4. The minimum atomic E-state index is 0.565. The third kappa shape index (κ3) is 5.62. The van der Waals surface area contributed by atoms with Gasteiger partial charge in [-0.3, -0.25) is 0 Å². The standard InChI is InChI=1S/C57H34N4O2/c1-3-15-35(16-4-1)41-31-30-40(53-44-23-9-12-27-49(44)63-54(41)53)37-29-32-50-46(34-37)52-45(24-14-28-51(52)62-50)57-59-55(36-17-5-2-6-18-36)58-56(60-57)38-19-13-20-39(33-38)61-47-25-10-7-21-42(47)43-22-8-11-26-48(43)61/h1-34H. The van der Waals surface area contributed by atoms with E-state index in [0.29, 0.717) is 17.5 Å². The van der Waals surface area contributed by atoms with Gasteiger partial charge in [0.1, 0.15) is 22.3 Å². The van der Waals surface area contributed by atoms with Crippen molar-refractivity contribution >= 4 is 65.7 Å². The second-order valence-electron chi connectivity index (χ2n) is 15.9. The number of para-hydroxylation sites is 3. The van der Waals surface area contributed by atoms with Crippen LogP contribution in [0.4, 0.5) is 0 Å². The molecule has 0 aliphatic heterocycles. The van der Waals surface area contributed by atoms with Gasteiger partial charge in [-0.1, -0.05) is 152 Å². The van der Waals surface area contributed by atoms with Crippen molar-refractivity contribution in [2.75, 3.05) is 0 Å². The fourth-order valence-corrected chi connectivity index (χ4v) is 9.42. The van der Waals surface area contributed by atoms with Gasteiger partial charge in [-0.05, 0) is 71.3 Å². The first kappa shape index (κ1) is 35.2. The summed E-state index contributed by atoms with van der Waals surface area (Å²) in [6.07, 6.45) is 0. The van der Waals surface area contributed by atoms with Gasteiger partial charge in [-0.2, -0.15) is 0 Å². The van der Waals surface area contributed by atoms with Crippen LogP contribution in [0, 0.1) is 0 Å². The van der Waals surface area contributed by atoms with Gasteiger partial charge in [-0.25, -0.2) is 15.0 Å². The largest absolute Gasteiger partial charge is 0.456 e. The van der Waals surface area contributed by atoms with E-state index in [-0.39, 0.29) is 0 Å². The molecule has 9 aromatic carbocycles. The lowest BCUT2D eigenvalue weighted by molar-refractivity contribution is 0.669. The van der Waals surface area contributed by atoms with Gasteiger partial charge >= 0.3 is 0 Å². The van der Waals surface area contributed by atoms with Crippen LogP contribution in [0.25, 0.3) is 128 Å². The summed E-state index contributed by atoms with van der Waals surface area (Å²) in [5.74, 6) is 1.74. The monoisotopic (exact) mass is 806 g/mol. The van der Waals surface area contributed by atoms with Crippen LogP contribution in [0.1, 0.15) is 0 Å². The molecular weight excluding hydrogens is 773 g/mol. The maximum Gasteiger partial charge on any atom is 0.164 e. The number of hydrogen-bond donors (Lipinski definition) is 0. The van der Waals surface area contributed by atoms with Crippen molar-refractivity contribution < 1.29 is 8.83 Å². The molecule has 0 N–H and O–H groups in total. The predicted molar refractivity (Wildman–Crippen MR) is 256 cm³/mol. The Morgan fingerprint density at radius 3 is 1.68 bits per heavy atom. The van der Waals surface area contributed by atoms with Crippen LogP contribution in [0.3, 0.4) is 0 Å². The van der Waals surface area contributed by atoms with Crippen molar-refractivity contribution in [2.24, 2.45) is 0 Å². The van der Waals surface area contributed by atoms with E-state index in [1.807, 2.05) is 60.7 Å².